The van der Waals surface area contributed by atoms with Crippen LogP contribution in [0.5, 0.6) is 23.0 Å². The van der Waals surface area contributed by atoms with Crippen LogP contribution in [0.3, 0.4) is 0 Å². The van der Waals surface area contributed by atoms with Crippen LogP contribution < -0.4 is 29.9 Å². The number of hydrogen-bond donors (Lipinski definition) is 2. The molecule has 0 saturated heterocycles. The molecular weight excluding hydrogens is 462 g/mol. The van der Waals surface area contributed by atoms with Gasteiger partial charge in [-0.2, -0.15) is 10.2 Å². The van der Waals surface area contributed by atoms with E-state index in [0.717, 1.165) is 5.56 Å². The van der Waals surface area contributed by atoms with Gasteiger partial charge in [0.1, 0.15) is 11.5 Å². The maximum Gasteiger partial charge on any atom is 0.292 e. The molecule has 0 bridgehead atoms. The molecule has 10 nitrogen and oxygen atoms in total. The van der Waals surface area contributed by atoms with Crippen molar-refractivity contribution in [2.24, 2.45) is 5.10 Å². The van der Waals surface area contributed by atoms with Crippen molar-refractivity contribution in [2.75, 3.05) is 33.9 Å². The third-order valence-electron chi connectivity index (χ3n) is 5.26. The van der Waals surface area contributed by atoms with Gasteiger partial charge in [-0.25, -0.2) is 10.1 Å². The Bertz CT molecular complexity index is 1410. The molecule has 0 aliphatic carbocycles. The highest BCUT2D eigenvalue weighted by atomic mass is 16.5. The third kappa shape index (κ3) is 5.12. The molecule has 0 aliphatic rings. The second kappa shape index (κ2) is 11.0. The minimum Gasteiger partial charge on any atom is -0.497 e. The Morgan fingerprint density at radius 1 is 0.861 bits per heavy atom. The van der Waals surface area contributed by atoms with Crippen LogP contribution >= 0.6 is 0 Å². The monoisotopic (exact) mass is 487 g/mol. The van der Waals surface area contributed by atoms with Crippen LogP contribution in [0.15, 0.2) is 76.6 Å². The number of H-pyrrole nitrogens is 1. The van der Waals surface area contributed by atoms with Crippen LogP contribution in [0.4, 0.5) is 5.69 Å². The molecule has 0 aliphatic heterocycles. The van der Waals surface area contributed by atoms with Gasteiger partial charge in [0, 0.05) is 17.2 Å². The largest absolute Gasteiger partial charge is 0.497 e. The number of aromatic nitrogens is 3. The number of rotatable bonds is 9. The summed E-state index contributed by atoms with van der Waals surface area (Å²) in [6.07, 6.45) is 0. The average molecular weight is 488 g/mol. The van der Waals surface area contributed by atoms with E-state index in [4.69, 9.17) is 18.9 Å². The van der Waals surface area contributed by atoms with Crippen LogP contribution in [0, 0.1) is 0 Å². The molecule has 0 atom stereocenters. The zero-order valence-corrected chi connectivity index (χ0v) is 20.2. The highest BCUT2D eigenvalue weighted by Gasteiger charge is 2.21. The molecule has 3 aromatic carbocycles. The summed E-state index contributed by atoms with van der Waals surface area (Å²) < 4.78 is 21.7. The van der Waals surface area contributed by atoms with E-state index >= 15 is 0 Å². The topological polar surface area (TPSA) is 120 Å². The summed E-state index contributed by atoms with van der Waals surface area (Å²) in [6.45, 7) is 0. The Morgan fingerprint density at radius 2 is 1.58 bits per heavy atom. The third-order valence-corrected chi connectivity index (χ3v) is 5.26. The normalized spacial score (nSPS) is 11.1. The number of ether oxygens (including phenoxy) is 4. The Kier molecular flexibility index (Phi) is 7.45. The van der Waals surface area contributed by atoms with Gasteiger partial charge in [-0.15, -0.1) is 0 Å². The van der Waals surface area contributed by atoms with Gasteiger partial charge in [-0.1, -0.05) is 36.4 Å². The van der Waals surface area contributed by atoms with Crippen LogP contribution in [0.25, 0.3) is 11.4 Å². The molecule has 1 aromatic heterocycles. The number of aromatic amines is 1. The quantitative estimate of drug-likeness (QED) is 0.271. The van der Waals surface area contributed by atoms with Crippen LogP contribution in [-0.4, -0.2) is 49.3 Å². The number of nitrogens with zero attached hydrogens (tertiary/aromatic N) is 3. The van der Waals surface area contributed by atoms with Crippen molar-refractivity contribution in [2.45, 2.75) is 0 Å². The smallest absolute Gasteiger partial charge is 0.292 e. The summed E-state index contributed by atoms with van der Waals surface area (Å²) in [5, 5.41) is 11.2. The minimum absolute atomic E-state index is 0.0496. The Labute approximate surface area is 207 Å². The van der Waals surface area contributed by atoms with E-state index in [2.05, 4.69) is 25.7 Å². The van der Waals surface area contributed by atoms with Gasteiger partial charge in [0.2, 0.25) is 5.75 Å². The zero-order chi connectivity index (χ0) is 25.5. The second-order valence-corrected chi connectivity index (χ2v) is 7.42. The second-order valence-electron chi connectivity index (χ2n) is 7.42. The maximum atomic E-state index is 13.0. The molecule has 0 spiro atoms. The lowest BCUT2D eigenvalue weighted by Crippen LogP contribution is -2.24. The van der Waals surface area contributed by atoms with Crippen molar-refractivity contribution in [3.05, 3.63) is 88.3 Å². The summed E-state index contributed by atoms with van der Waals surface area (Å²) in [6, 6.07) is 19.9. The summed E-state index contributed by atoms with van der Waals surface area (Å²) in [5.74, 6) is 2.19. The highest BCUT2D eigenvalue weighted by Crippen LogP contribution is 2.38. The molecule has 10 heteroatoms. The molecule has 0 saturated carbocycles. The molecular formula is C26H25N5O5. The Balaban J connectivity index is 1.91. The SMILES string of the molecule is COc1cccc(N/N=C(/c2cc(OC)c(OC)c(OC)c2)c2nc(-c3ccccc3)n[nH]c2=O)c1. The molecule has 1 heterocycles. The number of nitrogens with one attached hydrogen (secondary N) is 2. The predicted molar refractivity (Wildman–Crippen MR) is 136 cm³/mol. The summed E-state index contributed by atoms with van der Waals surface area (Å²) in [7, 11) is 6.12. The van der Waals surface area contributed by atoms with E-state index in [1.165, 1.54) is 21.3 Å². The van der Waals surface area contributed by atoms with Gasteiger partial charge >= 0.3 is 0 Å². The van der Waals surface area contributed by atoms with Crippen molar-refractivity contribution >= 4 is 11.4 Å². The van der Waals surface area contributed by atoms with Crippen LogP contribution in [0.1, 0.15) is 11.3 Å². The fourth-order valence-corrected chi connectivity index (χ4v) is 3.50. The molecule has 0 fully saturated rings. The molecule has 0 amide bonds. The van der Waals surface area contributed by atoms with E-state index in [-0.39, 0.29) is 11.4 Å². The van der Waals surface area contributed by atoms with Gasteiger partial charge in [0.25, 0.3) is 5.56 Å². The number of methoxy groups -OCH3 is 4. The van der Waals surface area contributed by atoms with E-state index in [0.29, 0.717) is 40.1 Å². The zero-order valence-electron chi connectivity index (χ0n) is 20.2. The average Bonchev–Trinajstić information content (AvgIpc) is 2.93. The molecule has 2 N–H and O–H groups in total. The number of hydrogen-bond acceptors (Lipinski definition) is 9. The van der Waals surface area contributed by atoms with Gasteiger partial charge < -0.3 is 18.9 Å². The van der Waals surface area contributed by atoms with Crippen LogP contribution in [0.2, 0.25) is 0 Å². The van der Waals surface area contributed by atoms with E-state index in [9.17, 15) is 4.79 Å². The van der Waals surface area contributed by atoms with Crippen LogP contribution in [-0.2, 0) is 0 Å². The number of anilines is 1. The lowest BCUT2D eigenvalue weighted by atomic mass is 10.1. The Hall–Kier alpha value is -4.86. The van der Waals surface area contributed by atoms with E-state index < -0.39 is 5.56 Å². The highest BCUT2D eigenvalue weighted by molar-refractivity contribution is 6.12. The summed E-state index contributed by atoms with van der Waals surface area (Å²) in [4.78, 5) is 17.5. The van der Waals surface area contributed by atoms with Crippen molar-refractivity contribution in [1.29, 1.82) is 0 Å². The first-order chi connectivity index (χ1) is 17.6. The summed E-state index contributed by atoms with van der Waals surface area (Å²) >= 11 is 0. The molecule has 36 heavy (non-hydrogen) atoms. The van der Waals surface area contributed by atoms with Gasteiger partial charge in [-0.3, -0.25) is 10.2 Å². The first-order valence-electron chi connectivity index (χ1n) is 10.9. The lowest BCUT2D eigenvalue weighted by Gasteiger charge is -2.15. The predicted octanol–water partition coefficient (Wildman–Crippen LogP) is 3.73. The standard InChI is InChI=1S/C26H25N5O5/c1-33-19-12-8-11-18(15-19)28-29-22(17-13-20(34-2)24(36-4)21(14-17)35-3)23-26(32)31-30-25(27-23)16-9-6-5-7-10-16/h5-15,28H,1-4H3,(H,31,32)/b29-22-. The fraction of sp³-hybridized carbons (Fsp3) is 0.154. The van der Waals surface area contributed by atoms with Gasteiger partial charge in [0.05, 0.1) is 34.1 Å². The van der Waals surface area contributed by atoms with E-state index in [1.54, 1.807) is 25.3 Å². The fourth-order valence-electron chi connectivity index (χ4n) is 3.50. The molecule has 184 valence electrons. The molecule has 0 radical (unpaired) electrons. The maximum absolute atomic E-state index is 13.0. The van der Waals surface area contributed by atoms with Crippen molar-refractivity contribution in [3.8, 4) is 34.4 Å². The minimum atomic E-state index is -0.519. The first-order valence-corrected chi connectivity index (χ1v) is 10.9. The van der Waals surface area contributed by atoms with Gasteiger partial charge in [-0.05, 0) is 24.3 Å². The summed E-state index contributed by atoms with van der Waals surface area (Å²) in [5.41, 5.74) is 4.64. The van der Waals surface area contributed by atoms with Crippen molar-refractivity contribution in [1.82, 2.24) is 15.2 Å². The number of benzene rings is 3. The first kappa shape index (κ1) is 24.3. The van der Waals surface area contributed by atoms with Gasteiger partial charge in [0.15, 0.2) is 23.0 Å². The molecule has 0 unspecified atom stereocenters. The molecule has 4 rings (SSSR count). The Morgan fingerprint density at radius 3 is 2.22 bits per heavy atom. The molecule has 4 aromatic rings. The number of hydrazone groups is 1. The van der Waals surface area contributed by atoms with Crippen molar-refractivity contribution in [3.63, 3.8) is 0 Å². The van der Waals surface area contributed by atoms with E-state index in [1.807, 2.05) is 48.5 Å². The lowest BCUT2D eigenvalue weighted by molar-refractivity contribution is 0.324. The van der Waals surface area contributed by atoms with Crippen molar-refractivity contribution < 1.29 is 18.9 Å².